The normalized spacial score (nSPS) is 11.6. The molecule has 0 saturated carbocycles. The molecule has 0 aliphatic heterocycles. The first-order chi connectivity index (χ1) is 16.2. The molecule has 0 spiro atoms. The van der Waals surface area contributed by atoms with E-state index < -0.39 is 17.7 Å². The predicted molar refractivity (Wildman–Crippen MR) is 122 cm³/mol. The summed E-state index contributed by atoms with van der Waals surface area (Å²) in [6.07, 6.45) is -4.43. The van der Waals surface area contributed by atoms with Crippen molar-refractivity contribution in [2.24, 2.45) is 10.2 Å². The summed E-state index contributed by atoms with van der Waals surface area (Å²) in [6.45, 7) is 0. The molecule has 0 saturated heterocycles. The molecular formula is C23H15F3N4O3S. The number of thiazole rings is 1. The smallest absolute Gasteiger partial charge is 0.416 e. The summed E-state index contributed by atoms with van der Waals surface area (Å²) < 4.78 is 38.8. The van der Waals surface area contributed by atoms with E-state index in [9.17, 15) is 23.1 Å². The number of hydrogen-bond donors (Lipinski definition) is 3. The molecule has 0 amide bonds. The van der Waals surface area contributed by atoms with Crippen LogP contribution in [0.15, 0.2) is 82.3 Å². The Kier molecular flexibility index (Phi) is 6.28. The molecule has 3 N–H and O–H groups in total. The van der Waals surface area contributed by atoms with Crippen molar-refractivity contribution in [3.8, 4) is 17.0 Å². The van der Waals surface area contributed by atoms with Gasteiger partial charge in [-0.3, -0.25) is 0 Å². The lowest BCUT2D eigenvalue weighted by Crippen LogP contribution is -2.05. The van der Waals surface area contributed by atoms with Crippen molar-refractivity contribution >= 4 is 39.5 Å². The van der Waals surface area contributed by atoms with Gasteiger partial charge >= 0.3 is 12.1 Å². The number of hydrogen-bond acceptors (Lipinski definition) is 7. The molecule has 0 bridgehead atoms. The lowest BCUT2D eigenvalue weighted by atomic mass is 10.1. The van der Waals surface area contributed by atoms with E-state index in [4.69, 9.17) is 5.11 Å². The van der Waals surface area contributed by atoms with Crippen LogP contribution in [0.25, 0.3) is 11.3 Å². The van der Waals surface area contributed by atoms with Crippen molar-refractivity contribution < 1.29 is 28.2 Å². The third kappa shape index (κ3) is 5.38. The van der Waals surface area contributed by atoms with E-state index in [1.165, 1.54) is 41.7 Å². The molecule has 0 aliphatic rings. The van der Waals surface area contributed by atoms with E-state index in [0.29, 0.717) is 22.1 Å². The van der Waals surface area contributed by atoms with Gasteiger partial charge in [-0.1, -0.05) is 18.2 Å². The summed E-state index contributed by atoms with van der Waals surface area (Å²) in [4.78, 5) is 15.6. The number of aromatic carboxylic acids is 1. The van der Waals surface area contributed by atoms with Gasteiger partial charge in [0, 0.05) is 16.6 Å². The number of anilines is 2. The zero-order valence-electron chi connectivity index (χ0n) is 17.1. The maximum Gasteiger partial charge on any atom is 0.416 e. The summed E-state index contributed by atoms with van der Waals surface area (Å²) in [7, 11) is 0. The van der Waals surface area contributed by atoms with Gasteiger partial charge in [0.05, 0.1) is 22.6 Å². The molecule has 0 aliphatic carbocycles. The predicted octanol–water partition coefficient (Wildman–Crippen LogP) is 7.39. The van der Waals surface area contributed by atoms with Gasteiger partial charge in [-0.2, -0.15) is 23.4 Å². The number of aromatic nitrogens is 1. The summed E-state index contributed by atoms with van der Waals surface area (Å²) in [5.41, 5.74) is 1.26. The Morgan fingerprint density at radius 2 is 1.71 bits per heavy atom. The summed E-state index contributed by atoms with van der Waals surface area (Å²) in [5.74, 6) is -1.65. The fourth-order valence-electron chi connectivity index (χ4n) is 2.96. The second-order valence-electron chi connectivity index (χ2n) is 7.00. The molecule has 4 rings (SSSR count). The third-order valence-electron chi connectivity index (χ3n) is 4.58. The van der Waals surface area contributed by atoms with Crippen LogP contribution in [-0.2, 0) is 6.18 Å². The molecule has 172 valence electrons. The molecule has 7 nitrogen and oxygen atoms in total. The minimum atomic E-state index is -4.43. The van der Waals surface area contributed by atoms with Crippen LogP contribution in [0, 0.1) is 0 Å². The van der Waals surface area contributed by atoms with E-state index in [2.05, 4.69) is 20.5 Å². The zero-order valence-corrected chi connectivity index (χ0v) is 17.9. The molecule has 0 atom stereocenters. The number of alkyl halides is 3. The van der Waals surface area contributed by atoms with Crippen LogP contribution in [0.3, 0.4) is 0 Å². The number of carboxylic acids is 1. The Bertz CT molecular complexity index is 1390. The van der Waals surface area contributed by atoms with Crippen LogP contribution in [0.2, 0.25) is 0 Å². The van der Waals surface area contributed by atoms with Gasteiger partial charge in [0.25, 0.3) is 0 Å². The average Bonchev–Trinajstić information content (AvgIpc) is 3.27. The number of azo groups is 1. The van der Waals surface area contributed by atoms with Crippen LogP contribution in [0.1, 0.15) is 15.9 Å². The van der Waals surface area contributed by atoms with Gasteiger partial charge in [-0.25, -0.2) is 9.78 Å². The molecular weight excluding hydrogens is 469 g/mol. The quantitative estimate of drug-likeness (QED) is 0.247. The van der Waals surface area contributed by atoms with Crippen molar-refractivity contribution in [2.75, 3.05) is 5.32 Å². The highest BCUT2D eigenvalue weighted by Crippen LogP contribution is 2.33. The van der Waals surface area contributed by atoms with E-state index in [1.54, 1.807) is 29.6 Å². The largest absolute Gasteiger partial charge is 0.507 e. The Hall–Kier alpha value is -4.25. The summed E-state index contributed by atoms with van der Waals surface area (Å²) in [5, 5.41) is 31.9. The van der Waals surface area contributed by atoms with Gasteiger partial charge in [0.1, 0.15) is 11.3 Å². The molecule has 0 fully saturated rings. The lowest BCUT2D eigenvalue weighted by Gasteiger charge is -2.08. The fourth-order valence-corrected chi connectivity index (χ4v) is 3.70. The van der Waals surface area contributed by atoms with Gasteiger partial charge < -0.3 is 15.5 Å². The van der Waals surface area contributed by atoms with Crippen molar-refractivity contribution in [1.82, 2.24) is 4.98 Å². The first kappa shape index (κ1) is 22.9. The topological polar surface area (TPSA) is 107 Å². The number of nitrogens with one attached hydrogen (secondary N) is 1. The summed E-state index contributed by atoms with van der Waals surface area (Å²) >= 11 is 1.24. The molecule has 1 heterocycles. The second-order valence-corrected chi connectivity index (χ2v) is 7.86. The van der Waals surface area contributed by atoms with Gasteiger partial charge in [-0.15, -0.1) is 11.3 Å². The Labute approximate surface area is 194 Å². The molecule has 0 radical (unpaired) electrons. The Morgan fingerprint density at radius 3 is 2.44 bits per heavy atom. The van der Waals surface area contributed by atoms with Gasteiger partial charge in [-0.05, 0) is 48.5 Å². The van der Waals surface area contributed by atoms with E-state index in [0.717, 1.165) is 12.1 Å². The average molecular weight is 484 g/mol. The molecule has 0 unspecified atom stereocenters. The number of benzene rings is 3. The fraction of sp³-hybridized carbons (Fsp3) is 0.0435. The number of rotatable bonds is 6. The molecule has 4 aromatic rings. The maximum absolute atomic E-state index is 12.9. The first-order valence-corrected chi connectivity index (χ1v) is 10.6. The monoisotopic (exact) mass is 484 g/mol. The SMILES string of the molecule is O=C(O)c1cc(/N=N\c2cccc(-c3csc(Nc4cccc(C(F)(F)F)c4)n3)c2)ccc1O. The van der Waals surface area contributed by atoms with Crippen LogP contribution >= 0.6 is 11.3 Å². The van der Waals surface area contributed by atoms with Crippen molar-refractivity contribution in [2.45, 2.75) is 6.18 Å². The van der Waals surface area contributed by atoms with Gasteiger partial charge in [0.15, 0.2) is 5.13 Å². The second kappa shape index (κ2) is 9.32. The highest BCUT2D eigenvalue weighted by Gasteiger charge is 2.30. The van der Waals surface area contributed by atoms with Gasteiger partial charge in [0.2, 0.25) is 0 Å². The Morgan fingerprint density at radius 1 is 0.971 bits per heavy atom. The molecule has 34 heavy (non-hydrogen) atoms. The van der Waals surface area contributed by atoms with Crippen molar-refractivity contribution in [3.63, 3.8) is 0 Å². The number of aromatic hydroxyl groups is 1. The van der Waals surface area contributed by atoms with Crippen LogP contribution in [0.4, 0.5) is 35.4 Å². The number of carbonyl (C=O) groups is 1. The van der Waals surface area contributed by atoms with E-state index >= 15 is 0 Å². The van der Waals surface area contributed by atoms with Crippen LogP contribution in [0.5, 0.6) is 5.75 Å². The zero-order chi connectivity index (χ0) is 24.3. The highest BCUT2D eigenvalue weighted by molar-refractivity contribution is 7.14. The molecule has 11 heteroatoms. The molecule has 3 aromatic carbocycles. The first-order valence-electron chi connectivity index (χ1n) is 9.67. The standard InChI is InChI=1S/C23H15F3N4O3S/c24-23(25,26)14-4-2-5-15(10-14)27-22-28-19(12-34-22)13-3-1-6-16(9-13)29-30-17-7-8-20(31)18(11-17)21(32)33/h1-12,31H,(H,27,28)(H,32,33)/b30-29-. The Balaban J connectivity index is 1.51. The number of carboxylic acid groups (broad SMARTS) is 1. The lowest BCUT2D eigenvalue weighted by molar-refractivity contribution is -0.137. The minimum absolute atomic E-state index is 0.252. The maximum atomic E-state index is 12.9. The minimum Gasteiger partial charge on any atom is -0.507 e. The van der Waals surface area contributed by atoms with Crippen molar-refractivity contribution in [3.05, 3.63) is 83.2 Å². The van der Waals surface area contributed by atoms with Crippen molar-refractivity contribution in [1.29, 1.82) is 0 Å². The van der Waals surface area contributed by atoms with Crippen LogP contribution < -0.4 is 5.32 Å². The number of nitrogens with zero attached hydrogens (tertiary/aromatic N) is 3. The number of halogens is 3. The summed E-state index contributed by atoms with van der Waals surface area (Å²) in [6, 6.07) is 15.7. The van der Waals surface area contributed by atoms with E-state index in [-0.39, 0.29) is 22.7 Å². The molecule has 1 aromatic heterocycles. The van der Waals surface area contributed by atoms with Crippen LogP contribution in [-0.4, -0.2) is 21.2 Å². The third-order valence-corrected chi connectivity index (χ3v) is 5.34. The van der Waals surface area contributed by atoms with E-state index in [1.807, 2.05) is 0 Å². The highest BCUT2D eigenvalue weighted by atomic mass is 32.1. The number of phenols is 1.